The zero-order valence-corrected chi connectivity index (χ0v) is 9.95. The van der Waals surface area contributed by atoms with Gasteiger partial charge < -0.3 is 10.6 Å². The summed E-state index contributed by atoms with van der Waals surface area (Å²) >= 11 is 0. The van der Waals surface area contributed by atoms with Crippen molar-refractivity contribution in [3.05, 3.63) is 12.7 Å². The van der Waals surface area contributed by atoms with E-state index in [1.54, 1.807) is 0 Å². The Morgan fingerprint density at radius 1 is 1.38 bits per heavy atom. The maximum absolute atomic E-state index is 12.4. The highest BCUT2D eigenvalue weighted by molar-refractivity contribution is 5.87. The Morgan fingerprint density at radius 2 is 2.00 bits per heavy atom. The Bertz CT molecular complexity index is 278. The van der Waals surface area contributed by atoms with E-state index in [0.29, 0.717) is 12.6 Å². The van der Waals surface area contributed by atoms with Crippen molar-refractivity contribution in [1.29, 1.82) is 0 Å². The van der Waals surface area contributed by atoms with Crippen LogP contribution >= 0.6 is 0 Å². The maximum atomic E-state index is 12.4. The first-order valence-electron chi connectivity index (χ1n) is 6.38. The molecule has 0 atom stereocenters. The van der Waals surface area contributed by atoms with Gasteiger partial charge in [0.2, 0.25) is 5.91 Å². The van der Waals surface area contributed by atoms with Crippen molar-refractivity contribution >= 4 is 5.91 Å². The highest BCUT2D eigenvalue weighted by Crippen LogP contribution is 2.33. The van der Waals surface area contributed by atoms with Crippen molar-refractivity contribution in [2.45, 2.75) is 56.5 Å². The molecule has 16 heavy (non-hydrogen) atoms. The second-order valence-corrected chi connectivity index (χ2v) is 5.19. The first-order valence-corrected chi connectivity index (χ1v) is 6.38. The van der Waals surface area contributed by atoms with Crippen molar-refractivity contribution in [3.8, 4) is 0 Å². The number of amides is 1. The van der Waals surface area contributed by atoms with Crippen LogP contribution in [-0.4, -0.2) is 28.9 Å². The Hall–Kier alpha value is -0.830. The third-order valence-electron chi connectivity index (χ3n) is 4.02. The molecule has 3 heteroatoms. The van der Waals surface area contributed by atoms with Crippen molar-refractivity contribution < 1.29 is 4.79 Å². The average molecular weight is 222 g/mol. The van der Waals surface area contributed by atoms with E-state index in [1.807, 2.05) is 11.0 Å². The first kappa shape index (κ1) is 11.6. The molecule has 0 saturated heterocycles. The Balaban J connectivity index is 2.05. The van der Waals surface area contributed by atoms with Crippen LogP contribution in [0, 0.1) is 0 Å². The summed E-state index contributed by atoms with van der Waals surface area (Å²) in [6.45, 7) is 4.40. The lowest BCUT2D eigenvalue weighted by Crippen LogP contribution is -2.61. The summed E-state index contributed by atoms with van der Waals surface area (Å²) < 4.78 is 0. The molecule has 0 unspecified atom stereocenters. The van der Waals surface area contributed by atoms with Gasteiger partial charge in [0.1, 0.15) is 0 Å². The maximum Gasteiger partial charge on any atom is 0.243 e. The van der Waals surface area contributed by atoms with E-state index in [-0.39, 0.29) is 5.91 Å². The molecule has 2 saturated carbocycles. The predicted octanol–water partition coefficient (Wildman–Crippen LogP) is 1.82. The van der Waals surface area contributed by atoms with E-state index in [1.165, 1.54) is 12.8 Å². The van der Waals surface area contributed by atoms with Crippen LogP contribution in [0.1, 0.15) is 44.9 Å². The third kappa shape index (κ3) is 2.01. The lowest BCUT2D eigenvalue weighted by molar-refractivity contribution is -0.141. The number of carbonyl (C=O) groups is 1. The summed E-state index contributed by atoms with van der Waals surface area (Å²) in [5, 5.41) is 0. The molecule has 2 N–H and O–H groups in total. The molecular formula is C13H22N2O. The quantitative estimate of drug-likeness (QED) is 0.738. The largest absolute Gasteiger partial charge is 0.334 e. The van der Waals surface area contributed by atoms with Crippen LogP contribution in [0.3, 0.4) is 0 Å². The standard InChI is InChI=1S/C13H22N2O/c1-2-10-15(11-6-3-4-7-11)12(16)13(14)8-5-9-13/h2,11H,1,3-10,14H2. The molecule has 2 aliphatic rings. The zero-order chi connectivity index (χ0) is 11.6. The van der Waals surface area contributed by atoms with E-state index in [2.05, 4.69) is 6.58 Å². The fourth-order valence-corrected chi connectivity index (χ4v) is 2.81. The summed E-state index contributed by atoms with van der Waals surface area (Å²) in [7, 11) is 0. The Kier molecular flexibility index (Phi) is 3.33. The number of rotatable bonds is 4. The van der Waals surface area contributed by atoms with E-state index in [0.717, 1.165) is 32.1 Å². The Labute approximate surface area is 97.7 Å². The molecular weight excluding hydrogens is 200 g/mol. The van der Waals surface area contributed by atoms with Crippen LogP contribution in [0.2, 0.25) is 0 Å². The predicted molar refractivity (Wildman–Crippen MR) is 64.9 cm³/mol. The zero-order valence-electron chi connectivity index (χ0n) is 9.95. The second kappa shape index (κ2) is 4.58. The highest BCUT2D eigenvalue weighted by Gasteiger charge is 2.44. The molecule has 0 radical (unpaired) electrons. The molecule has 0 spiro atoms. The molecule has 2 rings (SSSR count). The van der Waals surface area contributed by atoms with E-state index in [4.69, 9.17) is 5.73 Å². The summed E-state index contributed by atoms with van der Waals surface area (Å²) in [4.78, 5) is 14.3. The van der Waals surface area contributed by atoms with Crippen LogP contribution in [0.15, 0.2) is 12.7 Å². The molecule has 0 heterocycles. The molecule has 90 valence electrons. The number of carbonyl (C=O) groups excluding carboxylic acids is 1. The van der Waals surface area contributed by atoms with Gasteiger partial charge in [0.05, 0.1) is 5.54 Å². The van der Waals surface area contributed by atoms with Gasteiger partial charge in [-0.15, -0.1) is 6.58 Å². The van der Waals surface area contributed by atoms with E-state index in [9.17, 15) is 4.79 Å². The van der Waals surface area contributed by atoms with E-state index < -0.39 is 5.54 Å². The van der Waals surface area contributed by atoms with Crippen molar-refractivity contribution in [3.63, 3.8) is 0 Å². The molecule has 3 nitrogen and oxygen atoms in total. The van der Waals surface area contributed by atoms with Crippen molar-refractivity contribution in [2.24, 2.45) is 5.73 Å². The van der Waals surface area contributed by atoms with Gasteiger partial charge in [-0.3, -0.25) is 4.79 Å². The third-order valence-corrected chi connectivity index (χ3v) is 4.02. The normalized spacial score (nSPS) is 23.8. The summed E-state index contributed by atoms with van der Waals surface area (Å²) in [5.41, 5.74) is 5.57. The molecule has 0 aromatic carbocycles. The van der Waals surface area contributed by atoms with Gasteiger partial charge in [0.25, 0.3) is 0 Å². The lowest BCUT2D eigenvalue weighted by Gasteiger charge is -2.42. The fourth-order valence-electron chi connectivity index (χ4n) is 2.81. The lowest BCUT2D eigenvalue weighted by atomic mass is 9.76. The Morgan fingerprint density at radius 3 is 2.44 bits per heavy atom. The monoisotopic (exact) mass is 222 g/mol. The molecule has 0 aliphatic heterocycles. The average Bonchev–Trinajstić information content (AvgIpc) is 2.74. The van der Waals surface area contributed by atoms with Crippen LogP contribution in [0.25, 0.3) is 0 Å². The number of hydrogen-bond donors (Lipinski definition) is 1. The van der Waals surface area contributed by atoms with Gasteiger partial charge in [0, 0.05) is 12.6 Å². The summed E-state index contributed by atoms with van der Waals surface area (Å²) in [6, 6.07) is 0.409. The molecule has 0 bridgehead atoms. The van der Waals surface area contributed by atoms with Crippen LogP contribution in [0.5, 0.6) is 0 Å². The minimum Gasteiger partial charge on any atom is -0.334 e. The van der Waals surface area contributed by atoms with Gasteiger partial charge in [-0.2, -0.15) is 0 Å². The van der Waals surface area contributed by atoms with Crippen LogP contribution in [-0.2, 0) is 4.79 Å². The molecule has 2 fully saturated rings. The second-order valence-electron chi connectivity index (χ2n) is 5.19. The minimum atomic E-state index is -0.550. The van der Waals surface area contributed by atoms with Gasteiger partial charge >= 0.3 is 0 Å². The highest BCUT2D eigenvalue weighted by atomic mass is 16.2. The first-order chi connectivity index (χ1) is 7.67. The molecule has 0 aromatic rings. The smallest absolute Gasteiger partial charge is 0.243 e. The molecule has 2 aliphatic carbocycles. The molecule has 1 amide bonds. The topological polar surface area (TPSA) is 46.3 Å². The van der Waals surface area contributed by atoms with Gasteiger partial charge in [0.15, 0.2) is 0 Å². The fraction of sp³-hybridized carbons (Fsp3) is 0.769. The van der Waals surface area contributed by atoms with Crippen molar-refractivity contribution in [2.75, 3.05) is 6.54 Å². The SMILES string of the molecule is C=CCN(C(=O)C1(N)CCC1)C1CCCC1. The summed E-state index contributed by atoms with van der Waals surface area (Å²) in [6.07, 6.45) is 9.36. The number of nitrogens with zero attached hydrogens (tertiary/aromatic N) is 1. The van der Waals surface area contributed by atoms with Crippen LogP contribution < -0.4 is 5.73 Å². The number of nitrogens with two attached hydrogens (primary N) is 1. The van der Waals surface area contributed by atoms with Gasteiger partial charge in [-0.25, -0.2) is 0 Å². The van der Waals surface area contributed by atoms with Gasteiger partial charge in [-0.1, -0.05) is 18.9 Å². The molecule has 0 aromatic heterocycles. The minimum absolute atomic E-state index is 0.158. The van der Waals surface area contributed by atoms with E-state index >= 15 is 0 Å². The summed E-state index contributed by atoms with van der Waals surface area (Å²) in [5.74, 6) is 0.158. The van der Waals surface area contributed by atoms with Gasteiger partial charge in [-0.05, 0) is 32.1 Å². The van der Waals surface area contributed by atoms with Crippen LogP contribution in [0.4, 0.5) is 0 Å². The number of hydrogen-bond acceptors (Lipinski definition) is 2. The van der Waals surface area contributed by atoms with Crippen molar-refractivity contribution in [1.82, 2.24) is 4.90 Å².